The second-order valence-corrected chi connectivity index (χ2v) is 5.37. The van der Waals surface area contributed by atoms with Gasteiger partial charge < -0.3 is 10.1 Å². The number of hydrazone groups is 1. The summed E-state index contributed by atoms with van der Waals surface area (Å²) >= 11 is 11.9. The number of benzene rings is 1. The average Bonchev–Trinajstić information content (AvgIpc) is 2.93. The average molecular weight is 313 g/mol. The summed E-state index contributed by atoms with van der Waals surface area (Å²) in [5, 5.41) is 15.6. The highest BCUT2D eigenvalue weighted by Crippen LogP contribution is 2.30. The van der Waals surface area contributed by atoms with Gasteiger partial charge in [-0.3, -0.25) is 4.79 Å². The quantitative estimate of drug-likeness (QED) is 0.893. The Hall–Kier alpha value is -1.79. The van der Waals surface area contributed by atoms with Crippen molar-refractivity contribution in [1.82, 2.24) is 9.97 Å². The molecule has 1 aromatic carbocycles. The molecule has 1 aliphatic rings. The molecule has 2 N–H and O–H groups in total. The van der Waals surface area contributed by atoms with Crippen LogP contribution in [-0.4, -0.2) is 33.3 Å². The van der Waals surface area contributed by atoms with Gasteiger partial charge in [-0.25, -0.2) is 9.99 Å². The molecule has 2 aromatic rings. The lowest BCUT2D eigenvalue weighted by Crippen LogP contribution is -2.33. The van der Waals surface area contributed by atoms with Crippen LogP contribution < -0.4 is 5.01 Å². The molecule has 6 nitrogen and oxygen atoms in total. The van der Waals surface area contributed by atoms with Crippen LogP contribution >= 0.6 is 23.2 Å². The van der Waals surface area contributed by atoms with Crippen molar-refractivity contribution >= 4 is 52.4 Å². The van der Waals surface area contributed by atoms with Gasteiger partial charge in [-0.1, -0.05) is 23.2 Å². The second-order valence-electron chi connectivity index (χ2n) is 4.56. The van der Waals surface area contributed by atoms with Crippen molar-refractivity contribution in [1.29, 1.82) is 0 Å². The first-order valence-corrected chi connectivity index (χ1v) is 6.64. The van der Waals surface area contributed by atoms with Crippen molar-refractivity contribution in [3.8, 4) is 0 Å². The van der Waals surface area contributed by atoms with Gasteiger partial charge in [0.15, 0.2) is 0 Å². The number of hydrogen-bond acceptors (Lipinski definition) is 4. The predicted octanol–water partition coefficient (Wildman–Crippen LogP) is 2.76. The van der Waals surface area contributed by atoms with Gasteiger partial charge in [0.2, 0.25) is 5.95 Å². The van der Waals surface area contributed by atoms with E-state index in [4.69, 9.17) is 28.3 Å². The Morgan fingerprint density at radius 3 is 2.75 bits per heavy atom. The summed E-state index contributed by atoms with van der Waals surface area (Å²) in [5.41, 5.74) is 1.37. The molecule has 0 amide bonds. The zero-order valence-electron chi connectivity index (χ0n) is 10.3. The molecule has 0 bridgehead atoms. The summed E-state index contributed by atoms with van der Waals surface area (Å²) in [6.07, 6.45) is 1.40. The Labute approximate surface area is 124 Å². The number of H-pyrrole nitrogens is 1. The highest BCUT2D eigenvalue weighted by Gasteiger charge is 2.34. The van der Waals surface area contributed by atoms with E-state index in [1.807, 2.05) is 0 Å². The summed E-state index contributed by atoms with van der Waals surface area (Å²) < 4.78 is 0. The number of nitrogens with one attached hydrogen (secondary N) is 1. The molecule has 20 heavy (non-hydrogen) atoms. The van der Waals surface area contributed by atoms with Crippen LogP contribution in [0.4, 0.5) is 5.95 Å². The fraction of sp³-hybridized carbons (Fsp3) is 0.250. The normalized spacial score (nSPS) is 21.9. The Bertz CT molecular complexity index is 689. The lowest BCUT2D eigenvalue weighted by molar-refractivity contribution is -0.139. The summed E-state index contributed by atoms with van der Waals surface area (Å²) in [6.45, 7) is 1.78. The fourth-order valence-electron chi connectivity index (χ4n) is 2.14. The maximum atomic E-state index is 11.1. The minimum Gasteiger partial charge on any atom is -0.481 e. The lowest BCUT2D eigenvalue weighted by atomic mass is 10.0. The number of halogens is 2. The van der Waals surface area contributed by atoms with Crippen molar-refractivity contribution in [3.63, 3.8) is 0 Å². The molecule has 104 valence electrons. The lowest BCUT2D eigenvalue weighted by Gasteiger charge is -2.19. The molecule has 2 heterocycles. The first-order chi connectivity index (χ1) is 9.47. The maximum Gasteiger partial charge on any atom is 0.314 e. The van der Waals surface area contributed by atoms with Crippen molar-refractivity contribution < 1.29 is 9.90 Å². The topological polar surface area (TPSA) is 81.6 Å². The van der Waals surface area contributed by atoms with E-state index >= 15 is 0 Å². The van der Waals surface area contributed by atoms with Gasteiger partial charge in [-0.15, -0.1) is 0 Å². The standard InChI is InChI=1S/C12H10Cl2N4O2/c1-5-6(11(19)20)4-15-18(5)12-16-9-2-7(13)8(14)3-10(9)17-12/h2-6H,1H3,(H,16,17)(H,19,20). The number of aromatic amines is 1. The van der Waals surface area contributed by atoms with Gasteiger partial charge in [-0.2, -0.15) is 5.10 Å². The molecule has 0 saturated heterocycles. The van der Waals surface area contributed by atoms with E-state index in [1.165, 1.54) is 6.21 Å². The third-order valence-electron chi connectivity index (χ3n) is 3.27. The number of rotatable bonds is 2. The molecule has 0 fully saturated rings. The molecule has 3 rings (SSSR count). The summed E-state index contributed by atoms with van der Waals surface area (Å²) in [5.74, 6) is -1.10. The minimum atomic E-state index is -0.911. The highest BCUT2D eigenvalue weighted by molar-refractivity contribution is 6.42. The van der Waals surface area contributed by atoms with Crippen molar-refractivity contribution in [3.05, 3.63) is 22.2 Å². The van der Waals surface area contributed by atoms with E-state index in [0.29, 0.717) is 21.5 Å². The molecule has 1 aromatic heterocycles. The number of hydrogen-bond donors (Lipinski definition) is 2. The molecule has 2 atom stereocenters. The van der Waals surface area contributed by atoms with Crippen molar-refractivity contribution in [2.24, 2.45) is 11.0 Å². The number of aromatic nitrogens is 2. The second kappa shape index (κ2) is 4.64. The van der Waals surface area contributed by atoms with E-state index in [1.54, 1.807) is 24.1 Å². The van der Waals surface area contributed by atoms with Gasteiger partial charge in [0.25, 0.3) is 0 Å². The van der Waals surface area contributed by atoms with E-state index in [0.717, 1.165) is 5.52 Å². The number of carbonyl (C=O) groups is 1. The Kier molecular flexibility index (Phi) is 3.07. The van der Waals surface area contributed by atoms with Crippen molar-refractivity contribution in [2.45, 2.75) is 13.0 Å². The molecule has 8 heteroatoms. The number of carboxylic acid groups (broad SMARTS) is 1. The smallest absolute Gasteiger partial charge is 0.314 e. The van der Waals surface area contributed by atoms with Gasteiger partial charge in [0.1, 0.15) is 5.92 Å². The van der Waals surface area contributed by atoms with Crippen LogP contribution in [0.2, 0.25) is 10.0 Å². The Morgan fingerprint density at radius 2 is 2.10 bits per heavy atom. The molecule has 0 aliphatic carbocycles. The SMILES string of the molecule is CC1C(C(=O)O)C=NN1c1nc2cc(Cl)c(Cl)cc2[nH]1. The summed E-state index contributed by atoms with van der Waals surface area (Å²) in [6, 6.07) is 3.01. The molecule has 0 saturated carbocycles. The summed E-state index contributed by atoms with van der Waals surface area (Å²) in [4.78, 5) is 18.5. The minimum absolute atomic E-state index is 0.320. The number of fused-ring (bicyclic) bond motifs is 1. The number of anilines is 1. The largest absolute Gasteiger partial charge is 0.481 e. The van der Waals surface area contributed by atoms with E-state index < -0.39 is 11.9 Å². The number of imidazole rings is 1. The van der Waals surface area contributed by atoms with Crippen LogP contribution in [0.15, 0.2) is 17.2 Å². The van der Waals surface area contributed by atoms with Crippen LogP contribution in [0.3, 0.4) is 0 Å². The molecule has 2 unspecified atom stereocenters. The third-order valence-corrected chi connectivity index (χ3v) is 3.99. The Balaban J connectivity index is 2.00. The van der Waals surface area contributed by atoms with Crippen LogP contribution in [-0.2, 0) is 4.79 Å². The number of aliphatic carboxylic acids is 1. The fourth-order valence-corrected chi connectivity index (χ4v) is 2.46. The van der Waals surface area contributed by atoms with E-state index in [2.05, 4.69) is 15.1 Å². The van der Waals surface area contributed by atoms with Crippen LogP contribution in [0.5, 0.6) is 0 Å². The van der Waals surface area contributed by atoms with E-state index in [9.17, 15) is 4.79 Å². The highest BCUT2D eigenvalue weighted by atomic mass is 35.5. The van der Waals surface area contributed by atoms with Gasteiger partial charge in [0.05, 0.1) is 27.1 Å². The monoisotopic (exact) mass is 312 g/mol. The first-order valence-electron chi connectivity index (χ1n) is 5.88. The predicted molar refractivity (Wildman–Crippen MR) is 77.7 cm³/mol. The molecule has 0 spiro atoms. The first kappa shape index (κ1) is 13.2. The molecule has 0 radical (unpaired) electrons. The zero-order chi connectivity index (χ0) is 14.4. The van der Waals surface area contributed by atoms with Gasteiger partial charge in [0, 0.05) is 6.21 Å². The number of nitrogens with zero attached hydrogens (tertiary/aromatic N) is 3. The molecule has 1 aliphatic heterocycles. The van der Waals surface area contributed by atoms with Crippen LogP contribution in [0.25, 0.3) is 11.0 Å². The Morgan fingerprint density at radius 1 is 1.40 bits per heavy atom. The van der Waals surface area contributed by atoms with E-state index in [-0.39, 0.29) is 6.04 Å². The van der Waals surface area contributed by atoms with Gasteiger partial charge >= 0.3 is 5.97 Å². The van der Waals surface area contributed by atoms with Crippen molar-refractivity contribution in [2.75, 3.05) is 5.01 Å². The summed E-state index contributed by atoms with van der Waals surface area (Å²) in [7, 11) is 0. The zero-order valence-corrected chi connectivity index (χ0v) is 11.9. The molecular formula is C12H10Cl2N4O2. The van der Waals surface area contributed by atoms with Gasteiger partial charge in [-0.05, 0) is 19.1 Å². The number of carboxylic acids is 1. The van der Waals surface area contributed by atoms with Crippen LogP contribution in [0.1, 0.15) is 6.92 Å². The maximum absolute atomic E-state index is 11.1. The van der Waals surface area contributed by atoms with Crippen LogP contribution in [0, 0.1) is 5.92 Å². The third kappa shape index (κ3) is 2.01. The molecular weight excluding hydrogens is 303 g/mol.